The number of anilines is 1. The summed E-state index contributed by atoms with van der Waals surface area (Å²) in [6, 6.07) is 7.06. The molecule has 0 radical (unpaired) electrons. The number of nitrogen functional groups attached to an aromatic ring is 1. The molecular weight excluding hydrogens is 550 g/mol. The van der Waals surface area contributed by atoms with Crippen molar-refractivity contribution in [3.05, 3.63) is 47.0 Å². The number of aromatic nitrogens is 4. The fourth-order valence-corrected chi connectivity index (χ4v) is 5.62. The van der Waals surface area contributed by atoms with Crippen molar-refractivity contribution in [1.29, 1.82) is 0 Å². The molecule has 2 aromatic heterocycles. The number of carbonyl (C=O) groups is 1. The second kappa shape index (κ2) is 12.9. The van der Waals surface area contributed by atoms with Crippen molar-refractivity contribution in [3.63, 3.8) is 0 Å². The lowest BCUT2D eigenvalue weighted by Crippen LogP contribution is -2.36. The molecule has 16 heteroatoms. The number of nitrogens with two attached hydrogens (primary N) is 1. The maximum Gasteiger partial charge on any atom is 0.459 e. The molecular formula is C24H32FN6O8P. The first-order chi connectivity index (χ1) is 19.2. The number of fused-ring (bicyclic) bond motifs is 1. The van der Waals surface area contributed by atoms with Crippen LogP contribution in [0.5, 0.6) is 5.75 Å². The summed E-state index contributed by atoms with van der Waals surface area (Å²) < 4.78 is 51.5. The Hall–Kier alpha value is -3.36. The maximum absolute atomic E-state index is 14.1. The number of ether oxygens (including phenoxy) is 2. The Morgan fingerprint density at radius 1 is 1.38 bits per heavy atom. The molecule has 0 amide bonds. The summed E-state index contributed by atoms with van der Waals surface area (Å²) in [6.45, 7) is 2.10. The number of unbranched alkanes of at least 4 members (excludes halogenated alkanes) is 1. The van der Waals surface area contributed by atoms with Gasteiger partial charge in [0.2, 0.25) is 5.95 Å². The first kappa shape index (κ1) is 29.6. The second-order valence-corrected chi connectivity index (χ2v) is 10.9. The van der Waals surface area contributed by atoms with E-state index >= 15 is 0 Å². The number of H-pyrrole nitrogens is 1. The molecule has 0 aliphatic carbocycles. The zero-order valence-electron chi connectivity index (χ0n) is 21.9. The molecule has 40 heavy (non-hydrogen) atoms. The third kappa shape index (κ3) is 6.67. The van der Waals surface area contributed by atoms with Crippen LogP contribution >= 0.6 is 7.75 Å². The Kier molecular flexibility index (Phi) is 9.53. The summed E-state index contributed by atoms with van der Waals surface area (Å²) in [4.78, 5) is 34.9. The molecule has 0 bridgehead atoms. The van der Waals surface area contributed by atoms with Crippen LogP contribution in [-0.2, 0) is 23.4 Å². The number of benzene rings is 1. The molecule has 0 saturated carbocycles. The van der Waals surface area contributed by atoms with E-state index in [9.17, 15) is 23.7 Å². The quantitative estimate of drug-likeness (QED) is 0.130. The summed E-state index contributed by atoms with van der Waals surface area (Å²) in [5.74, 6) is -1.75. The molecule has 5 N–H and O–H groups in total. The minimum absolute atomic E-state index is 0.0274. The maximum atomic E-state index is 14.1. The van der Waals surface area contributed by atoms with E-state index in [2.05, 4.69) is 20.0 Å². The molecule has 4 rings (SSSR count). The van der Waals surface area contributed by atoms with E-state index in [1.54, 1.807) is 30.3 Å². The van der Waals surface area contributed by atoms with E-state index in [4.69, 9.17) is 24.3 Å². The average molecular weight is 583 g/mol. The highest BCUT2D eigenvalue weighted by atomic mass is 31.2. The first-order valence-corrected chi connectivity index (χ1v) is 14.3. The van der Waals surface area contributed by atoms with Gasteiger partial charge in [-0.15, -0.1) is 0 Å². The van der Waals surface area contributed by atoms with Crippen LogP contribution in [0.2, 0.25) is 0 Å². The Bertz CT molecular complexity index is 1410. The second-order valence-electron chi connectivity index (χ2n) is 9.22. The molecule has 6 unspecified atom stereocenters. The van der Waals surface area contributed by atoms with Crippen molar-refractivity contribution in [3.8, 4) is 5.75 Å². The van der Waals surface area contributed by atoms with Gasteiger partial charge in [0.05, 0.1) is 32.3 Å². The minimum atomic E-state index is -4.26. The number of rotatable bonds is 13. The fraction of sp³-hybridized carbons (Fsp3) is 0.500. The zero-order valence-corrected chi connectivity index (χ0v) is 22.8. The largest absolute Gasteiger partial charge is 0.465 e. The van der Waals surface area contributed by atoms with Gasteiger partial charge in [-0.05, 0) is 25.5 Å². The monoisotopic (exact) mass is 582 g/mol. The van der Waals surface area contributed by atoms with Gasteiger partial charge >= 0.3 is 13.7 Å². The number of carbonyl (C=O) groups excluding carboxylic acids is 1. The molecule has 14 nitrogen and oxygen atoms in total. The van der Waals surface area contributed by atoms with Gasteiger partial charge in [-0.3, -0.25) is 28.1 Å². The Balaban J connectivity index is 1.52. The fourth-order valence-electron chi connectivity index (χ4n) is 4.12. The molecule has 1 saturated heterocycles. The number of hydrogen-bond donors (Lipinski definition) is 4. The van der Waals surface area contributed by atoms with Crippen LogP contribution in [0.4, 0.5) is 10.3 Å². The lowest BCUT2D eigenvalue weighted by atomic mass is 10.0. The third-order valence-corrected chi connectivity index (χ3v) is 7.89. The van der Waals surface area contributed by atoms with E-state index in [0.717, 1.165) is 6.42 Å². The van der Waals surface area contributed by atoms with Gasteiger partial charge in [-0.25, -0.2) is 9.55 Å². The number of alkyl halides is 1. The van der Waals surface area contributed by atoms with Crippen LogP contribution in [-0.4, -0.2) is 68.7 Å². The van der Waals surface area contributed by atoms with Crippen molar-refractivity contribution in [2.75, 3.05) is 25.6 Å². The number of aliphatic hydroxyl groups is 1. The number of imidazole rings is 1. The number of halogens is 1. The lowest BCUT2D eigenvalue weighted by Gasteiger charge is -2.25. The summed E-state index contributed by atoms with van der Waals surface area (Å²) in [5.41, 5.74) is 5.03. The molecule has 0 spiro atoms. The minimum Gasteiger partial charge on any atom is -0.465 e. The van der Waals surface area contributed by atoms with Crippen molar-refractivity contribution in [1.82, 2.24) is 24.6 Å². The highest BCUT2D eigenvalue weighted by molar-refractivity contribution is 7.52. The van der Waals surface area contributed by atoms with Crippen LogP contribution in [0, 0.1) is 5.92 Å². The number of esters is 1. The van der Waals surface area contributed by atoms with Crippen molar-refractivity contribution in [2.24, 2.45) is 5.92 Å². The summed E-state index contributed by atoms with van der Waals surface area (Å²) >= 11 is 0. The van der Waals surface area contributed by atoms with Gasteiger partial charge in [0.1, 0.15) is 17.9 Å². The van der Waals surface area contributed by atoms with E-state index in [1.165, 1.54) is 17.8 Å². The standard InChI is InChI=1S/C24H32FN6O8P/c1-3-4-10-36-23(34)14(2)30-40(35,39-15-8-6-5-7-9-15)37-12-17-16(11-25)19(32)22(38-17)31-13-27-18-20(31)28-24(26)29-21(18)33/h5-9,13-14,16-17,19,22,32H,3-4,10-12H2,1-2H3,(H,30,35)(H3,26,28,29,33). The molecule has 1 fully saturated rings. The van der Waals surface area contributed by atoms with Gasteiger partial charge in [-0.1, -0.05) is 31.5 Å². The molecule has 3 aromatic rings. The van der Waals surface area contributed by atoms with Crippen LogP contribution in [0.15, 0.2) is 41.5 Å². The Labute approximate surface area is 228 Å². The van der Waals surface area contributed by atoms with Crippen molar-refractivity contribution in [2.45, 2.75) is 51.2 Å². The van der Waals surface area contributed by atoms with Crippen LogP contribution in [0.25, 0.3) is 11.2 Å². The van der Waals surface area contributed by atoms with Crippen LogP contribution < -0.4 is 20.9 Å². The van der Waals surface area contributed by atoms with Gasteiger partial charge in [0, 0.05) is 5.92 Å². The topological polar surface area (TPSA) is 193 Å². The zero-order chi connectivity index (χ0) is 28.9. The lowest BCUT2D eigenvalue weighted by molar-refractivity contribution is -0.145. The number of para-hydroxylation sites is 1. The SMILES string of the molecule is CCCCOC(=O)C(C)NP(=O)(OCC1OC(n2cnc3c(=O)[nH]c(N)nc32)C(O)C1CF)Oc1ccccc1. The van der Waals surface area contributed by atoms with E-state index in [0.29, 0.717) is 6.42 Å². The molecule has 1 aliphatic rings. The molecule has 1 aromatic carbocycles. The van der Waals surface area contributed by atoms with Gasteiger partial charge in [-0.2, -0.15) is 10.1 Å². The number of aliphatic hydroxyl groups excluding tert-OH is 1. The number of nitrogens with one attached hydrogen (secondary N) is 2. The van der Waals surface area contributed by atoms with Crippen LogP contribution in [0.1, 0.15) is 32.9 Å². The normalized spacial score (nSPS) is 23.1. The highest BCUT2D eigenvalue weighted by Crippen LogP contribution is 2.46. The van der Waals surface area contributed by atoms with Gasteiger partial charge < -0.3 is 24.8 Å². The summed E-state index contributed by atoms with van der Waals surface area (Å²) in [7, 11) is -4.26. The number of aromatic amines is 1. The summed E-state index contributed by atoms with van der Waals surface area (Å²) in [6.07, 6.45) is -1.01. The average Bonchev–Trinajstić information content (AvgIpc) is 3.48. The van der Waals surface area contributed by atoms with E-state index in [-0.39, 0.29) is 29.5 Å². The molecule has 6 atom stereocenters. The Morgan fingerprint density at radius 3 is 2.83 bits per heavy atom. The van der Waals surface area contributed by atoms with Gasteiger partial charge in [0.15, 0.2) is 17.4 Å². The highest BCUT2D eigenvalue weighted by Gasteiger charge is 2.47. The number of hydrogen-bond acceptors (Lipinski definition) is 11. The smallest absolute Gasteiger partial charge is 0.459 e. The van der Waals surface area contributed by atoms with E-state index < -0.39 is 63.0 Å². The number of nitrogens with zero attached hydrogens (tertiary/aromatic N) is 3. The molecule has 3 heterocycles. The molecule has 218 valence electrons. The third-order valence-electron chi connectivity index (χ3n) is 6.25. The Morgan fingerprint density at radius 2 is 2.12 bits per heavy atom. The van der Waals surface area contributed by atoms with E-state index in [1.807, 2.05) is 6.92 Å². The predicted octanol–water partition coefficient (Wildman–Crippen LogP) is 2.07. The van der Waals surface area contributed by atoms with Crippen molar-refractivity contribution < 1.29 is 37.4 Å². The van der Waals surface area contributed by atoms with Gasteiger partial charge in [0.25, 0.3) is 5.56 Å². The molecule has 1 aliphatic heterocycles. The summed E-state index contributed by atoms with van der Waals surface area (Å²) in [5, 5.41) is 13.4. The van der Waals surface area contributed by atoms with Crippen LogP contribution in [0.3, 0.4) is 0 Å². The van der Waals surface area contributed by atoms with Crippen molar-refractivity contribution >= 4 is 30.8 Å². The first-order valence-electron chi connectivity index (χ1n) is 12.7. The predicted molar refractivity (Wildman–Crippen MR) is 141 cm³/mol.